The fourth-order valence-corrected chi connectivity index (χ4v) is 3.82. The Morgan fingerprint density at radius 3 is 2.35 bits per heavy atom. The number of hydrogen-bond donors (Lipinski definition) is 0. The van der Waals surface area contributed by atoms with Crippen molar-refractivity contribution in [3.05, 3.63) is 52.6 Å². The predicted octanol–water partition coefficient (Wildman–Crippen LogP) is 3.39. The third-order valence-electron chi connectivity index (χ3n) is 5.75. The Bertz CT molecular complexity index is 971. The first-order chi connectivity index (χ1) is 14.9. The van der Waals surface area contributed by atoms with Crippen molar-refractivity contribution >= 4 is 11.9 Å². The number of methoxy groups -OCH3 is 3. The van der Waals surface area contributed by atoms with E-state index in [2.05, 4.69) is 0 Å². The molecule has 7 nitrogen and oxygen atoms in total. The molecule has 1 aliphatic rings. The second-order valence-corrected chi connectivity index (χ2v) is 7.57. The lowest BCUT2D eigenvalue weighted by Crippen LogP contribution is -2.43. The third-order valence-corrected chi connectivity index (χ3v) is 5.75. The highest BCUT2D eigenvalue weighted by Gasteiger charge is 2.34. The van der Waals surface area contributed by atoms with E-state index >= 15 is 0 Å². The number of carbonyl (C=O) groups excluding carboxylic acids is 2. The van der Waals surface area contributed by atoms with E-state index in [0.29, 0.717) is 30.2 Å². The molecule has 0 aromatic heterocycles. The maximum Gasteiger partial charge on any atom is 0.307 e. The van der Waals surface area contributed by atoms with Crippen LogP contribution >= 0.6 is 0 Å². The van der Waals surface area contributed by atoms with Gasteiger partial charge in [0.05, 0.1) is 33.8 Å². The molecule has 0 spiro atoms. The average Bonchev–Trinajstić information content (AvgIpc) is 2.78. The molecule has 0 N–H and O–H groups in total. The molecule has 0 aliphatic carbocycles. The lowest BCUT2D eigenvalue weighted by atomic mass is 9.90. The Morgan fingerprint density at radius 1 is 1.00 bits per heavy atom. The summed E-state index contributed by atoms with van der Waals surface area (Å²) in [5, 5.41) is 0. The van der Waals surface area contributed by atoms with Gasteiger partial charge in [-0.15, -0.1) is 0 Å². The summed E-state index contributed by atoms with van der Waals surface area (Å²) < 4.78 is 21.5. The standard InChI is InChI=1S/C24H29NO6/c1-15-6-7-18(10-16(15)2)31-14-23(26)25-9-8-17-11-21(28-3)22(29-4)12-19(17)20(25)13-24(27)30-5/h6-7,10-12,20H,8-9,13-14H2,1-5H3/t20-/m1/s1. The molecule has 0 saturated carbocycles. The maximum absolute atomic E-state index is 13.1. The van der Waals surface area contributed by atoms with Crippen molar-refractivity contribution in [2.45, 2.75) is 32.7 Å². The summed E-state index contributed by atoms with van der Waals surface area (Å²) in [5.74, 6) is 1.24. The first-order valence-electron chi connectivity index (χ1n) is 10.2. The monoisotopic (exact) mass is 427 g/mol. The van der Waals surface area contributed by atoms with Gasteiger partial charge in [-0.25, -0.2) is 0 Å². The molecule has 0 unspecified atom stereocenters. The van der Waals surface area contributed by atoms with Gasteiger partial charge in [0.2, 0.25) is 0 Å². The Hall–Kier alpha value is -3.22. The van der Waals surface area contributed by atoms with Gasteiger partial charge in [-0.2, -0.15) is 0 Å². The number of fused-ring (bicyclic) bond motifs is 1. The summed E-state index contributed by atoms with van der Waals surface area (Å²) >= 11 is 0. The second-order valence-electron chi connectivity index (χ2n) is 7.57. The van der Waals surface area contributed by atoms with E-state index < -0.39 is 6.04 Å². The Morgan fingerprint density at radius 2 is 1.71 bits per heavy atom. The molecule has 3 rings (SSSR count). The second kappa shape index (κ2) is 9.73. The number of benzene rings is 2. The molecule has 1 aliphatic heterocycles. The molecule has 166 valence electrons. The molecule has 0 saturated heterocycles. The van der Waals surface area contributed by atoms with E-state index in [1.165, 1.54) is 7.11 Å². The van der Waals surface area contributed by atoms with Crippen molar-refractivity contribution in [1.82, 2.24) is 4.90 Å². The maximum atomic E-state index is 13.1. The Kier molecular flexibility index (Phi) is 7.05. The zero-order valence-electron chi connectivity index (χ0n) is 18.7. The van der Waals surface area contributed by atoms with Crippen LogP contribution in [0.2, 0.25) is 0 Å². The predicted molar refractivity (Wildman–Crippen MR) is 116 cm³/mol. The molecule has 2 aromatic rings. The van der Waals surface area contributed by atoms with E-state index in [1.54, 1.807) is 19.1 Å². The molecular formula is C24H29NO6. The fraction of sp³-hybridized carbons (Fsp3) is 0.417. The van der Waals surface area contributed by atoms with Crippen LogP contribution in [0, 0.1) is 13.8 Å². The highest BCUT2D eigenvalue weighted by atomic mass is 16.5. The fourth-order valence-electron chi connectivity index (χ4n) is 3.82. The minimum absolute atomic E-state index is 0.0500. The van der Waals surface area contributed by atoms with E-state index in [-0.39, 0.29) is 24.9 Å². The van der Waals surface area contributed by atoms with Crippen LogP contribution in [-0.2, 0) is 20.7 Å². The highest BCUT2D eigenvalue weighted by molar-refractivity contribution is 5.80. The van der Waals surface area contributed by atoms with Crippen LogP contribution < -0.4 is 14.2 Å². The summed E-state index contributed by atoms with van der Waals surface area (Å²) in [6.45, 7) is 4.39. The van der Waals surface area contributed by atoms with Gasteiger partial charge >= 0.3 is 5.97 Å². The largest absolute Gasteiger partial charge is 0.493 e. The van der Waals surface area contributed by atoms with Crippen LogP contribution in [-0.4, -0.2) is 51.3 Å². The van der Waals surface area contributed by atoms with Crippen LogP contribution in [0.25, 0.3) is 0 Å². The zero-order valence-corrected chi connectivity index (χ0v) is 18.7. The number of nitrogens with zero attached hydrogens (tertiary/aromatic N) is 1. The Balaban J connectivity index is 1.85. The minimum Gasteiger partial charge on any atom is -0.493 e. The van der Waals surface area contributed by atoms with E-state index in [0.717, 1.165) is 22.3 Å². The first kappa shape index (κ1) is 22.5. The number of rotatable bonds is 7. The molecule has 7 heteroatoms. The number of aryl methyl sites for hydroxylation is 2. The SMILES string of the molecule is COC(=O)C[C@@H]1c2cc(OC)c(OC)cc2CCN1C(=O)COc1ccc(C)c(C)c1. The minimum atomic E-state index is -0.466. The van der Waals surface area contributed by atoms with Crippen molar-refractivity contribution in [3.8, 4) is 17.2 Å². The molecule has 1 atom stereocenters. The molecule has 0 bridgehead atoms. The number of ether oxygens (including phenoxy) is 4. The van der Waals surface area contributed by atoms with Crippen molar-refractivity contribution in [1.29, 1.82) is 0 Å². The normalized spacial score (nSPS) is 15.1. The van der Waals surface area contributed by atoms with Crippen molar-refractivity contribution in [2.24, 2.45) is 0 Å². The highest BCUT2D eigenvalue weighted by Crippen LogP contribution is 2.39. The van der Waals surface area contributed by atoms with Gasteiger partial charge < -0.3 is 23.8 Å². The molecule has 1 heterocycles. The van der Waals surface area contributed by atoms with Crippen molar-refractivity contribution in [3.63, 3.8) is 0 Å². The zero-order chi connectivity index (χ0) is 22.5. The van der Waals surface area contributed by atoms with Crippen LogP contribution in [0.1, 0.15) is 34.7 Å². The summed E-state index contributed by atoms with van der Waals surface area (Å²) in [6, 6.07) is 9.01. The number of hydrogen-bond acceptors (Lipinski definition) is 6. The smallest absolute Gasteiger partial charge is 0.307 e. The van der Waals surface area contributed by atoms with Gasteiger partial charge in [0.25, 0.3) is 5.91 Å². The molecule has 2 aromatic carbocycles. The molecule has 1 amide bonds. The lowest BCUT2D eigenvalue weighted by molar-refractivity contribution is -0.144. The summed E-state index contributed by atoms with van der Waals surface area (Å²) in [5.41, 5.74) is 4.13. The lowest BCUT2D eigenvalue weighted by Gasteiger charge is -2.37. The van der Waals surface area contributed by atoms with E-state index in [9.17, 15) is 9.59 Å². The number of esters is 1. The van der Waals surface area contributed by atoms with Gasteiger partial charge in [0, 0.05) is 6.54 Å². The quantitative estimate of drug-likeness (QED) is 0.631. The number of amides is 1. The summed E-state index contributed by atoms with van der Waals surface area (Å²) in [4.78, 5) is 26.9. The topological polar surface area (TPSA) is 74.3 Å². The van der Waals surface area contributed by atoms with Gasteiger partial charge in [-0.1, -0.05) is 6.07 Å². The van der Waals surface area contributed by atoms with Gasteiger partial charge in [0.15, 0.2) is 18.1 Å². The third kappa shape index (κ3) is 4.93. The summed E-state index contributed by atoms with van der Waals surface area (Å²) in [7, 11) is 4.48. The van der Waals surface area contributed by atoms with Crippen LogP contribution in [0.5, 0.6) is 17.2 Å². The van der Waals surface area contributed by atoms with Gasteiger partial charge in [-0.3, -0.25) is 9.59 Å². The van der Waals surface area contributed by atoms with Crippen molar-refractivity contribution in [2.75, 3.05) is 34.5 Å². The summed E-state index contributed by atoms with van der Waals surface area (Å²) in [6.07, 6.45) is 0.692. The van der Waals surface area contributed by atoms with E-state index in [1.807, 2.05) is 44.2 Å². The molecule has 31 heavy (non-hydrogen) atoms. The molecule has 0 radical (unpaired) electrons. The van der Waals surface area contributed by atoms with Crippen LogP contribution in [0.4, 0.5) is 0 Å². The van der Waals surface area contributed by atoms with Gasteiger partial charge in [0.1, 0.15) is 5.75 Å². The van der Waals surface area contributed by atoms with Gasteiger partial charge in [-0.05, 0) is 66.8 Å². The number of carbonyl (C=O) groups is 2. The Labute approximate surface area is 182 Å². The van der Waals surface area contributed by atoms with Crippen molar-refractivity contribution < 1.29 is 28.5 Å². The van der Waals surface area contributed by atoms with E-state index in [4.69, 9.17) is 18.9 Å². The average molecular weight is 427 g/mol. The van der Waals surface area contributed by atoms with Crippen LogP contribution in [0.15, 0.2) is 30.3 Å². The van der Waals surface area contributed by atoms with Crippen LogP contribution in [0.3, 0.4) is 0 Å². The molecule has 0 fully saturated rings. The first-order valence-corrected chi connectivity index (χ1v) is 10.2. The molecular weight excluding hydrogens is 398 g/mol.